The van der Waals surface area contributed by atoms with Crippen molar-refractivity contribution in [1.29, 1.82) is 0 Å². The van der Waals surface area contributed by atoms with E-state index < -0.39 is 0 Å². The van der Waals surface area contributed by atoms with Gasteiger partial charge in [-0.1, -0.05) is 0 Å². The first-order valence-electron chi connectivity index (χ1n) is 8.64. The Labute approximate surface area is 148 Å². The normalized spacial score (nSPS) is 13.9. The van der Waals surface area contributed by atoms with Crippen LogP contribution in [-0.4, -0.2) is 34.5 Å². The monoisotopic (exact) mass is 339 g/mol. The zero-order valence-corrected chi connectivity index (χ0v) is 15.3. The average Bonchev–Trinajstić information content (AvgIpc) is 3.13. The number of anilines is 1. The second-order valence-corrected chi connectivity index (χ2v) is 6.53. The smallest absolute Gasteiger partial charge is 0.251 e. The van der Waals surface area contributed by atoms with E-state index in [1.807, 2.05) is 54.9 Å². The topological polar surface area (TPSA) is 62.5 Å². The predicted molar refractivity (Wildman–Crippen MR) is 100 cm³/mol. The molecule has 3 rings (SSSR count). The summed E-state index contributed by atoms with van der Waals surface area (Å²) in [5.41, 5.74) is 6.22. The molecule has 6 heteroatoms. The molecule has 2 aromatic rings. The SMILES string of the molecule is CC1=NN(c2ccc(C(=O)NCCc3c(C)nn(C)c3C)cc2)CC1. The van der Waals surface area contributed by atoms with Gasteiger partial charge in [0.15, 0.2) is 0 Å². The summed E-state index contributed by atoms with van der Waals surface area (Å²) < 4.78 is 1.88. The molecule has 0 aliphatic carbocycles. The van der Waals surface area contributed by atoms with E-state index in [0.717, 1.165) is 42.2 Å². The molecule has 132 valence electrons. The minimum absolute atomic E-state index is 0.0492. The summed E-state index contributed by atoms with van der Waals surface area (Å²) in [6.45, 7) is 7.60. The van der Waals surface area contributed by atoms with Crippen molar-refractivity contribution in [3.8, 4) is 0 Å². The van der Waals surface area contributed by atoms with E-state index in [9.17, 15) is 4.79 Å². The third-order valence-corrected chi connectivity index (χ3v) is 4.72. The van der Waals surface area contributed by atoms with Gasteiger partial charge in [0.05, 0.1) is 11.4 Å². The maximum atomic E-state index is 12.3. The van der Waals surface area contributed by atoms with Gasteiger partial charge >= 0.3 is 0 Å². The first-order valence-corrected chi connectivity index (χ1v) is 8.64. The molecule has 0 saturated heterocycles. The van der Waals surface area contributed by atoms with Crippen molar-refractivity contribution in [2.45, 2.75) is 33.6 Å². The first-order chi connectivity index (χ1) is 12.0. The Balaban J connectivity index is 1.56. The van der Waals surface area contributed by atoms with Crippen molar-refractivity contribution < 1.29 is 4.79 Å². The van der Waals surface area contributed by atoms with Gasteiger partial charge in [-0.25, -0.2) is 0 Å². The molecule has 1 aliphatic heterocycles. The van der Waals surface area contributed by atoms with Crippen molar-refractivity contribution in [3.63, 3.8) is 0 Å². The molecular weight excluding hydrogens is 314 g/mol. The van der Waals surface area contributed by atoms with Crippen LogP contribution < -0.4 is 10.3 Å². The molecule has 1 N–H and O–H groups in total. The lowest BCUT2D eigenvalue weighted by Gasteiger charge is -2.14. The fourth-order valence-electron chi connectivity index (χ4n) is 3.13. The van der Waals surface area contributed by atoms with Gasteiger partial charge in [0.2, 0.25) is 0 Å². The van der Waals surface area contributed by atoms with Gasteiger partial charge < -0.3 is 5.32 Å². The van der Waals surface area contributed by atoms with Crippen LogP contribution in [0.15, 0.2) is 29.4 Å². The Hall–Kier alpha value is -2.63. The van der Waals surface area contributed by atoms with Crippen molar-refractivity contribution in [2.24, 2.45) is 12.1 Å². The molecule has 0 saturated carbocycles. The minimum Gasteiger partial charge on any atom is -0.352 e. The molecule has 1 aromatic heterocycles. The van der Waals surface area contributed by atoms with Crippen molar-refractivity contribution in [2.75, 3.05) is 18.1 Å². The maximum Gasteiger partial charge on any atom is 0.251 e. The van der Waals surface area contributed by atoms with Crippen LogP contribution in [0.4, 0.5) is 5.69 Å². The average molecular weight is 339 g/mol. The lowest BCUT2D eigenvalue weighted by molar-refractivity contribution is 0.0954. The van der Waals surface area contributed by atoms with E-state index >= 15 is 0 Å². The maximum absolute atomic E-state index is 12.3. The molecule has 2 heterocycles. The Bertz CT molecular complexity index is 804. The van der Waals surface area contributed by atoms with Crippen LogP contribution in [0.3, 0.4) is 0 Å². The van der Waals surface area contributed by atoms with Crippen LogP contribution in [-0.2, 0) is 13.5 Å². The Morgan fingerprint density at radius 2 is 1.92 bits per heavy atom. The molecule has 0 atom stereocenters. The summed E-state index contributed by atoms with van der Waals surface area (Å²) in [6, 6.07) is 7.61. The van der Waals surface area contributed by atoms with Crippen molar-refractivity contribution in [3.05, 3.63) is 46.8 Å². The molecule has 0 bridgehead atoms. The Morgan fingerprint density at radius 3 is 2.48 bits per heavy atom. The molecule has 1 aromatic carbocycles. The molecule has 6 nitrogen and oxygen atoms in total. The van der Waals surface area contributed by atoms with Gasteiger partial charge in [0.25, 0.3) is 5.91 Å². The van der Waals surface area contributed by atoms with Crippen LogP contribution in [0, 0.1) is 13.8 Å². The van der Waals surface area contributed by atoms with Gasteiger partial charge in [0.1, 0.15) is 0 Å². The predicted octanol–water partition coefficient (Wildman–Crippen LogP) is 2.60. The van der Waals surface area contributed by atoms with Gasteiger partial charge in [-0.05, 0) is 57.0 Å². The van der Waals surface area contributed by atoms with E-state index in [1.165, 1.54) is 5.56 Å². The van der Waals surface area contributed by atoms with E-state index in [-0.39, 0.29) is 5.91 Å². The number of aryl methyl sites for hydroxylation is 2. The molecule has 0 radical (unpaired) electrons. The second-order valence-electron chi connectivity index (χ2n) is 6.53. The van der Waals surface area contributed by atoms with Crippen LogP contribution >= 0.6 is 0 Å². The number of carbonyl (C=O) groups is 1. The number of rotatable bonds is 5. The molecule has 25 heavy (non-hydrogen) atoms. The highest BCUT2D eigenvalue weighted by Crippen LogP contribution is 2.20. The summed E-state index contributed by atoms with van der Waals surface area (Å²) in [5.74, 6) is -0.0492. The van der Waals surface area contributed by atoms with E-state index in [4.69, 9.17) is 0 Å². The van der Waals surface area contributed by atoms with E-state index in [2.05, 4.69) is 22.4 Å². The number of carbonyl (C=O) groups excluding carboxylic acids is 1. The zero-order valence-electron chi connectivity index (χ0n) is 15.3. The van der Waals surface area contributed by atoms with E-state index in [1.54, 1.807) is 0 Å². The zero-order chi connectivity index (χ0) is 18.0. The highest BCUT2D eigenvalue weighted by atomic mass is 16.1. The molecule has 0 fully saturated rings. The van der Waals surface area contributed by atoms with Gasteiger partial charge in [-0.15, -0.1) is 0 Å². The molecule has 1 aliphatic rings. The minimum atomic E-state index is -0.0492. The second kappa shape index (κ2) is 7.09. The first kappa shape index (κ1) is 17.2. The fourth-order valence-corrected chi connectivity index (χ4v) is 3.13. The number of aromatic nitrogens is 2. The lowest BCUT2D eigenvalue weighted by Crippen LogP contribution is -2.26. The van der Waals surface area contributed by atoms with Gasteiger partial charge in [-0.3, -0.25) is 14.5 Å². The molecule has 0 unspecified atom stereocenters. The van der Waals surface area contributed by atoms with Crippen LogP contribution in [0.25, 0.3) is 0 Å². The van der Waals surface area contributed by atoms with Gasteiger partial charge in [0, 0.05) is 43.5 Å². The summed E-state index contributed by atoms with van der Waals surface area (Å²) in [7, 11) is 1.94. The quantitative estimate of drug-likeness (QED) is 0.911. The number of nitrogens with zero attached hydrogens (tertiary/aromatic N) is 4. The number of hydrogen-bond donors (Lipinski definition) is 1. The Kier molecular flexibility index (Phi) is 4.88. The van der Waals surface area contributed by atoms with Gasteiger partial charge in [-0.2, -0.15) is 10.2 Å². The van der Waals surface area contributed by atoms with Crippen molar-refractivity contribution >= 4 is 17.3 Å². The summed E-state index contributed by atoms with van der Waals surface area (Å²) in [4.78, 5) is 12.3. The van der Waals surface area contributed by atoms with Crippen molar-refractivity contribution in [1.82, 2.24) is 15.1 Å². The van der Waals surface area contributed by atoms with Crippen LogP contribution in [0.1, 0.15) is 40.7 Å². The summed E-state index contributed by atoms with van der Waals surface area (Å²) >= 11 is 0. The number of hydrazone groups is 1. The standard InChI is InChI=1S/C19H25N5O/c1-13-10-12-24(21-13)17-7-5-16(6-8-17)19(25)20-11-9-18-14(2)22-23(4)15(18)3/h5-8H,9-12H2,1-4H3,(H,20,25). The number of benzene rings is 1. The Morgan fingerprint density at radius 1 is 1.20 bits per heavy atom. The summed E-state index contributed by atoms with van der Waals surface area (Å²) in [5, 5.41) is 13.9. The van der Waals surface area contributed by atoms with E-state index in [0.29, 0.717) is 12.1 Å². The van der Waals surface area contributed by atoms with Crippen LogP contribution in [0.5, 0.6) is 0 Å². The fraction of sp³-hybridized carbons (Fsp3) is 0.421. The van der Waals surface area contributed by atoms with Crippen LogP contribution in [0.2, 0.25) is 0 Å². The molecular formula is C19H25N5O. The number of amides is 1. The summed E-state index contributed by atoms with van der Waals surface area (Å²) in [6.07, 6.45) is 1.78. The third-order valence-electron chi connectivity index (χ3n) is 4.72. The number of hydrogen-bond acceptors (Lipinski definition) is 4. The largest absolute Gasteiger partial charge is 0.352 e. The highest BCUT2D eigenvalue weighted by Gasteiger charge is 2.14. The molecule has 0 spiro atoms. The highest BCUT2D eigenvalue weighted by molar-refractivity contribution is 5.94. The molecule has 1 amide bonds. The third kappa shape index (κ3) is 3.73. The number of nitrogens with one attached hydrogen (secondary N) is 1. The lowest BCUT2D eigenvalue weighted by atomic mass is 10.1.